The number of amides is 1. The standard InChI is InChI=1S/C20H19N3O4S/c1-14-4-3-5-19(21-14)23-28(25,26)18-12-8-16(9-13-18)22-20(24)15-6-10-17(27-2)11-7-15/h3-13H,1-2H3,(H,21,23)(H,22,24). The number of benzene rings is 2. The summed E-state index contributed by atoms with van der Waals surface area (Å²) in [4.78, 5) is 16.5. The number of hydrogen-bond acceptors (Lipinski definition) is 5. The van der Waals surface area contributed by atoms with E-state index in [2.05, 4.69) is 15.0 Å². The molecule has 2 N–H and O–H groups in total. The van der Waals surface area contributed by atoms with E-state index in [0.717, 1.165) is 0 Å². The highest BCUT2D eigenvalue weighted by molar-refractivity contribution is 7.92. The summed E-state index contributed by atoms with van der Waals surface area (Å²) in [5, 5.41) is 2.72. The van der Waals surface area contributed by atoms with Gasteiger partial charge in [0.15, 0.2) is 0 Å². The second-order valence-corrected chi connectivity index (χ2v) is 7.66. The Balaban J connectivity index is 1.70. The van der Waals surface area contributed by atoms with Gasteiger partial charge in [-0.25, -0.2) is 13.4 Å². The Morgan fingerprint density at radius 2 is 1.64 bits per heavy atom. The summed E-state index contributed by atoms with van der Waals surface area (Å²) in [6.45, 7) is 1.78. The molecule has 144 valence electrons. The van der Waals surface area contributed by atoms with E-state index in [-0.39, 0.29) is 16.6 Å². The third-order valence-electron chi connectivity index (χ3n) is 3.90. The van der Waals surface area contributed by atoms with E-state index in [1.807, 2.05) is 0 Å². The summed E-state index contributed by atoms with van der Waals surface area (Å²) >= 11 is 0. The molecule has 0 bridgehead atoms. The van der Waals surface area contributed by atoms with Gasteiger partial charge in [0.05, 0.1) is 12.0 Å². The quantitative estimate of drug-likeness (QED) is 0.664. The molecule has 1 aromatic heterocycles. The molecule has 0 aliphatic carbocycles. The zero-order chi connectivity index (χ0) is 20.1. The van der Waals surface area contributed by atoms with Crippen LogP contribution in [0, 0.1) is 6.92 Å². The first-order valence-corrected chi connectivity index (χ1v) is 9.88. The predicted octanol–water partition coefficient (Wildman–Crippen LogP) is 3.45. The smallest absolute Gasteiger partial charge is 0.263 e. The van der Waals surface area contributed by atoms with Crippen LogP contribution in [-0.4, -0.2) is 26.4 Å². The monoisotopic (exact) mass is 397 g/mol. The highest BCUT2D eigenvalue weighted by Crippen LogP contribution is 2.18. The molecular weight excluding hydrogens is 378 g/mol. The molecule has 0 aliphatic heterocycles. The minimum Gasteiger partial charge on any atom is -0.497 e. The SMILES string of the molecule is COc1ccc(C(=O)Nc2ccc(S(=O)(=O)Nc3cccc(C)n3)cc2)cc1. The van der Waals surface area contributed by atoms with E-state index in [9.17, 15) is 13.2 Å². The molecule has 3 rings (SSSR count). The van der Waals surface area contributed by atoms with Crippen molar-refractivity contribution in [1.82, 2.24) is 4.98 Å². The van der Waals surface area contributed by atoms with Gasteiger partial charge in [-0.15, -0.1) is 0 Å². The lowest BCUT2D eigenvalue weighted by Crippen LogP contribution is -2.15. The van der Waals surface area contributed by atoms with E-state index < -0.39 is 10.0 Å². The lowest BCUT2D eigenvalue weighted by atomic mass is 10.2. The Bertz CT molecular complexity index is 1080. The molecule has 0 aliphatic rings. The van der Waals surface area contributed by atoms with Crippen molar-refractivity contribution in [3.63, 3.8) is 0 Å². The van der Waals surface area contributed by atoms with Crippen LogP contribution in [-0.2, 0) is 10.0 Å². The summed E-state index contributed by atoms with van der Waals surface area (Å²) < 4.78 is 32.5. The van der Waals surface area contributed by atoms with Gasteiger partial charge in [-0.05, 0) is 67.6 Å². The molecule has 3 aromatic rings. The second-order valence-electron chi connectivity index (χ2n) is 5.98. The van der Waals surface area contributed by atoms with E-state index in [1.165, 1.54) is 24.3 Å². The number of methoxy groups -OCH3 is 1. The van der Waals surface area contributed by atoms with Crippen molar-refractivity contribution >= 4 is 27.4 Å². The zero-order valence-corrected chi connectivity index (χ0v) is 16.2. The summed E-state index contributed by atoms with van der Waals surface area (Å²) in [6.07, 6.45) is 0. The van der Waals surface area contributed by atoms with Gasteiger partial charge >= 0.3 is 0 Å². The van der Waals surface area contributed by atoms with Crippen molar-refractivity contribution in [3.8, 4) is 5.75 Å². The van der Waals surface area contributed by atoms with Crippen LogP contribution in [0.4, 0.5) is 11.5 Å². The lowest BCUT2D eigenvalue weighted by molar-refractivity contribution is 0.102. The average molecular weight is 397 g/mol. The van der Waals surface area contributed by atoms with Gasteiger partial charge in [-0.2, -0.15) is 0 Å². The van der Waals surface area contributed by atoms with Crippen LogP contribution in [0.2, 0.25) is 0 Å². The van der Waals surface area contributed by atoms with Crippen LogP contribution < -0.4 is 14.8 Å². The average Bonchev–Trinajstić information content (AvgIpc) is 2.68. The van der Waals surface area contributed by atoms with E-state index in [4.69, 9.17) is 4.74 Å². The number of ether oxygens (including phenoxy) is 1. The van der Waals surface area contributed by atoms with Crippen LogP contribution in [0.5, 0.6) is 5.75 Å². The minimum absolute atomic E-state index is 0.0678. The zero-order valence-electron chi connectivity index (χ0n) is 15.3. The molecule has 0 radical (unpaired) electrons. The second kappa shape index (κ2) is 8.10. The molecule has 0 spiro atoms. The molecular formula is C20H19N3O4S. The predicted molar refractivity (Wildman–Crippen MR) is 107 cm³/mol. The van der Waals surface area contributed by atoms with E-state index in [0.29, 0.717) is 22.7 Å². The molecule has 1 amide bonds. The highest BCUT2D eigenvalue weighted by Gasteiger charge is 2.15. The summed E-state index contributed by atoms with van der Waals surface area (Å²) in [6, 6.07) is 17.6. The Kier molecular flexibility index (Phi) is 5.60. The van der Waals surface area contributed by atoms with Crippen molar-refractivity contribution in [3.05, 3.63) is 78.0 Å². The van der Waals surface area contributed by atoms with Crippen LogP contribution in [0.3, 0.4) is 0 Å². The summed E-state index contributed by atoms with van der Waals surface area (Å²) in [7, 11) is -2.22. The van der Waals surface area contributed by atoms with E-state index >= 15 is 0 Å². The number of nitrogens with one attached hydrogen (secondary N) is 2. The molecule has 0 saturated carbocycles. The maximum atomic E-state index is 12.5. The molecule has 0 saturated heterocycles. The number of hydrogen-bond donors (Lipinski definition) is 2. The number of nitrogens with zero attached hydrogens (tertiary/aromatic N) is 1. The van der Waals surface area contributed by atoms with Crippen LogP contribution in [0.1, 0.15) is 16.1 Å². The topological polar surface area (TPSA) is 97.4 Å². The van der Waals surface area contributed by atoms with Gasteiger partial charge in [-0.3, -0.25) is 9.52 Å². The first-order chi connectivity index (χ1) is 13.4. The first kappa shape index (κ1) is 19.4. The third kappa shape index (κ3) is 4.66. The van der Waals surface area contributed by atoms with Gasteiger partial charge < -0.3 is 10.1 Å². The minimum atomic E-state index is -3.77. The van der Waals surface area contributed by atoms with Gasteiger partial charge in [0.1, 0.15) is 11.6 Å². The van der Waals surface area contributed by atoms with Crippen molar-refractivity contribution in [2.45, 2.75) is 11.8 Å². The number of carbonyl (C=O) groups is 1. The Morgan fingerprint density at radius 1 is 0.964 bits per heavy atom. The fraction of sp³-hybridized carbons (Fsp3) is 0.100. The van der Waals surface area contributed by atoms with Crippen molar-refractivity contribution in [2.75, 3.05) is 17.1 Å². The molecule has 0 unspecified atom stereocenters. The van der Waals surface area contributed by atoms with E-state index in [1.54, 1.807) is 56.5 Å². The van der Waals surface area contributed by atoms with Gasteiger partial charge in [0.25, 0.3) is 15.9 Å². The number of sulfonamides is 1. The molecule has 1 heterocycles. The molecule has 28 heavy (non-hydrogen) atoms. The summed E-state index contributed by atoms with van der Waals surface area (Å²) in [5.74, 6) is 0.596. The van der Waals surface area contributed by atoms with Crippen molar-refractivity contribution in [2.24, 2.45) is 0 Å². The number of anilines is 2. The molecule has 0 atom stereocenters. The molecule has 7 nitrogen and oxygen atoms in total. The number of aryl methyl sites for hydroxylation is 1. The Labute approximate surface area is 163 Å². The number of pyridine rings is 1. The number of rotatable bonds is 6. The Morgan fingerprint density at radius 3 is 2.25 bits per heavy atom. The number of carbonyl (C=O) groups excluding carboxylic acids is 1. The fourth-order valence-corrected chi connectivity index (χ4v) is 3.46. The van der Waals surface area contributed by atoms with Gasteiger partial charge in [0, 0.05) is 16.9 Å². The fourth-order valence-electron chi connectivity index (χ4n) is 2.46. The van der Waals surface area contributed by atoms with Crippen LogP contribution >= 0.6 is 0 Å². The summed E-state index contributed by atoms with van der Waals surface area (Å²) in [5.41, 5.74) is 1.65. The van der Waals surface area contributed by atoms with Gasteiger partial charge in [-0.1, -0.05) is 6.07 Å². The maximum Gasteiger partial charge on any atom is 0.263 e. The normalized spacial score (nSPS) is 10.9. The molecule has 0 fully saturated rings. The lowest BCUT2D eigenvalue weighted by Gasteiger charge is -2.09. The number of aromatic nitrogens is 1. The molecule has 8 heteroatoms. The largest absolute Gasteiger partial charge is 0.497 e. The third-order valence-corrected chi connectivity index (χ3v) is 5.27. The molecule has 2 aromatic carbocycles. The van der Waals surface area contributed by atoms with Crippen LogP contribution in [0.25, 0.3) is 0 Å². The highest BCUT2D eigenvalue weighted by atomic mass is 32.2. The van der Waals surface area contributed by atoms with Crippen molar-refractivity contribution in [1.29, 1.82) is 0 Å². The van der Waals surface area contributed by atoms with Crippen LogP contribution in [0.15, 0.2) is 71.6 Å². The first-order valence-electron chi connectivity index (χ1n) is 8.39. The van der Waals surface area contributed by atoms with Gasteiger partial charge in [0.2, 0.25) is 0 Å². The van der Waals surface area contributed by atoms with Crippen molar-refractivity contribution < 1.29 is 17.9 Å². The Hall–Kier alpha value is -3.39. The maximum absolute atomic E-state index is 12.5.